The van der Waals surface area contributed by atoms with Crippen molar-refractivity contribution in [3.05, 3.63) is 35.9 Å². The smallest absolute Gasteiger partial charge is 0.319 e. The van der Waals surface area contributed by atoms with Gasteiger partial charge in [-0.15, -0.1) is 0 Å². The van der Waals surface area contributed by atoms with E-state index >= 15 is 0 Å². The molecule has 26 heavy (non-hydrogen) atoms. The molecular formula is C21H31N3O2. The van der Waals surface area contributed by atoms with Crippen molar-refractivity contribution in [1.29, 1.82) is 5.26 Å². The first-order valence-electron chi connectivity index (χ1n) is 9.50. The molecule has 0 spiro atoms. The minimum Gasteiger partial charge on any atom is -0.468 e. The lowest BCUT2D eigenvalue weighted by molar-refractivity contribution is -0.142. The van der Waals surface area contributed by atoms with E-state index in [1.54, 1.807) is 0 Å². The number of hydrogen-bond donors (Lipinski definition) is 0. The summed E-state index contributed by atoms with van der Waals surface area (Å²) in [6.07, 6.45) is 1.87. The van der Waals surface area contributed by atoms with Crippen LogP contribution in [0.4, 0.5) is 0 Å². The predicted molar refractivity (Wildman–Crippen MR) is 103 cm³/mol. The number of methoxy groups -OCH3 is 1. The Kier molecular flexibility index (Phi) is 7.62. The van der Waals surface area contributed by atoms with Crippen LogP contribution >= 0.6 is 0 Å². The summed E-state index contributed by atoms with van der Waals surface area (Å²) >= 11 is 0. The van der Waals surface area contributed by atoms with E-state index < -0.39 is 5.41 Å². The number of esters is 1. The van der Waals surface area contributed by atoms with Crippen LogP contribution in [0.25, 0.3) is 0 Å². The van der Waals surface area contributed by atoms with Gasteiger partial charge in [0.1, 0.15) is 0 Å². The standard InChI is InChI=1S/C21H31N3O2/c1-18(2)21(17-22,19-8-5-4-6-9-19)10-7-11-23-12-14-24(15-13-23)16-20(25)26-3/h4-6,8-9,18H,7,10-16H2,1-3H3. The number of hydrogen-bond acceptors (Lipinski definition) is 5. The minimum absolute atomic E-state index is 0.169. The summed E-state index contributed by atoms with van der Waals surface area (Å²) in [6, 6.07) is 12.8. The van der Waals surface area contributed by atoms with Crippen LogP contribution in [0.1, 0.15) is 32.3 Å². The second-order valence-electron chi connectivity index (χ2n) is 7.40. The summed E-state index contributed by atoms with van der Waals surface area (Å²) in [6.45, 7) is 9.36. The van der Waals surface area contributed by atoms with Crippen molar-refractivity contribution in [2.24, 2.45) is 5.92 Å². The third-order valence-electron chi connectivity index (χ3n) is 5.56. The highest BCUT2D eigenvalue weighted by Crippen LogP contribution is 2.36. The maximum atomic E-state index is 11.4. The van der Waals surface area contributed by atoms with E-state index in [1.165, 1.54) is 7.11 Å². The third kappa shape index (κ3) is 5.06. The molecule has 1 aromatic rings. The van der Waals surface area contributed by atoms with E-state index in [9.17, 15) is 10.1 Å². The van der Waals surface area contributed by atoms with Gasteiger partial charge in [-0.05, 0) is 30.9 Å². The number of piperazine rings is 1. The van der Waals surface area contributed by atoms with Crippen molar-refractivity contribution in [3.63, 3.8) is 0 Å². The van der Waals surface area contributed by atoms with E-state index in [0.717, 1.165) is 51.1 Å². The molecule has 1 aliphatic heterocycles. The van der Waals surface area contributed by atoms with E-state index in [2.05, 4.69) is 41.8 Å². The Bertz CT molecular complexity index is 603. The van der Waals surface area contributed by atoms with Crippen molar-refractivity contribution in [2.75, 3.05) is 46.4 Å². The van der Waals surface area contributed by atoms with Crippen LogP contribution in [0.2, 0.25) is 0 Å². The molecule has 1 atom stereocenters. The topological polar surface area (TPSA) is 56.6 Å². The quantitative estimate of drug-likeness (QED) is 0.670. The lowest BCUT2D eigenvalue weighted by Gasteiger charge is -2.35. The molecule has 0 amide bonds. The van der Waals surface area contributed by atoms with E-state index in [0.29, 0.717) is 6.54 Å². The molecule has 1 aliphatic rings. The van der Waals surface area contributed by atoms with E-state index in [-0.39, 0.29) is 11.9 Å². The molecule has 0 bridgehead atoms. The van der Waals surface area contributed by atoms with Gasteiger partial charge in [0.05, 0.1) is 25.1 Å². The maximum absolute atomic E-state index is 11.4. The summed E-state index contributed by atoms with van der Waals surface area (Å²) in [4.78, 5) is 15.9. The SMILES string of the molecule is COC(=O)CN1CCN(CCCC(C#N)(c2ccccc2)C(C)C)CC1. The second-order valence-corrected chi connectivity index (χ2v) is 7.40. The zero-order chi connectivity index (χ0) is 19.0. The number of carbonyl (C=O) groups excluding carboxylic acids is 1. The van der Waals surface area contributed by atoms with Crippen LogP contribution in [0, 0.1) is 17.2 Å². The van der Waals surface area contributed by atoms with Crippen LogP contribution < -0.4 is 0 Å². The normalized spacial score (nSPS) is 18.3. The Morgan fingerprint density at radius 3 is 2.35 bits per heavy atom. The molecule has 0 aromatic heterocycles. The number of rotatable bonds is 8. The van der Waals surface area contributed by atoms with Crippen LogP contribution in [0.3, 0.4) is 0 Å². The molecule has 5 heteroatoms. The van der Waals surface area contributed by atoms with Crippen LogP contribution in [0.5, 0.6) is 0 Å². The van der Waals surface area contributed by atoms with E-state index in [1.807, 2.05) is 18.2 Å². The number of nitriles is 1. The van der Waals surface area contributed by atoms with Crippen molar-refractivity contribution in [1.82, 2.24) is 9.80 Å². The predicted octanol–water partition coefficient (Wildman–Crippen LogP) is 2.67. The molecule has 0 N–H and O–H groups in total. The van der Waals surface area contributed by atoms with Crippen molar-refractivity contribution in [3.8, 4) is 6.07 Å². The summed E-state index contributed by atoms with van der Waals surface area (Å²) in [5, 5.41) is 9.97. The van der Waals surface area contributed by atoms with Gasteiger partial charge in [-0.2, -0.15) is 5.26 Å². The first kappa shape index (κ1) is 20.4. The number of benzene rings is 1. The Labute approximate surface area is 157 Å². The highest BCUT2D eigenvalue weighted by molar-refractivity contribution is 5.71. The van der Waals surface area contributed by atoms with Gasteiger partial charge in [-0.3, -0.25) is 9.69 Å². The van der Waals surface area contributed by atoms with Crippen LogP contribution in [-0.4, -0.2) is 62.1 Å². The summed E-state index contributed by atoms with van der Waals surface area (Å²) in [5.41, 5.74) is 0.703. The molecule has 0 aliphatic carbocycles. The molecule has 1 aromatic carbocycles. The largest absolute Gasteiger partial charge is 0.468 e. The van der Waals surface area contributed by atoms with Crippen LogP contribution in [-0.2, 0) is 14.9 Å². The zero-order valence-corrected chi connectivity index (χ0v) is 16.3. The van der Waals surface area contributed by atoms with E-state index in [4.69, 9.17) is 4.74 Å². The Hall–Kier alpha value is -1.90. The monoisotopic (exact) mass is 357 g/mol. The molecular weight excluding hydrogens is 326 g/mol. The molecule has 0 radical (unpaired) electrons. The highest BCUT2D eigenvalue weighted by Gasteiger charge is 2.35. The van der Waals surface area contributed by atoms with Gasteiger partial charge >= 0.3 is 5.97 Å². The number of carbonyl (C=O) groups is 1. The maximum Gasteiger partial charge on any atom is 0.319 e. The molecule has 1 saturated heterocycles. The molecule has 142 valence electrons. The minimum atomic E-state index is -0.423. The van der Waals surface area contributed by atoms with Gasteiger partial charge in [0.25, 0.3) is 0 Å². The molecule has 0 saturated carbocycles. The molecule has 5 nitrogen and oxygen atoms in total. The van der Waals surface area contributed by atoms with Gasteiger partial charge in [-0.1, -0.05) is 44.2 Å². The zero-order valence-electron chi connectivity index (χ0n) is 16.3. The van der Waals surface area contributed by atoms with Gasteiger partial charge in [0.2, 0.25) is 0 Å². The average molecular weight is 357 g/mol. The lowest BCUT2D eigenvalue weighted by atomic mass is 9.70. The van der Waals surface area contributed by atoms with Crippen molar-refractivity contribution < 1.29 is 9.53 Å². The molecule has 1 heterocycles. The van der Waals surface area contributed by atoms with Gasteiger partial charge in [-0.25, -0.2) is 0 Å². The lowest BCUT2D eigenvalue weighted by Crippen LogP contribution is -2.48. The summed E-state index contributed by atoms with van der Waals surface area (Å²) in [7, 11) is 1.43. The molecule has 1 unspecified atom stereocenters. The fraction of sp³-hybridized carbons (Fsp3) is 0.619. The first-order chi connectivity index (χ1) is 12.5. The number of ether oxygens (including phenoxy) is 1. The highest BCUT2D eigenvalue weighted by atomic mass is 16.5. The fourth-order valence-electron chi connectivity index (χ4n) is 3.75. The Balaban J connectivity index is 1.86. The van der Waals surface area contributed by atoms with Gasteiger partial charge in [0, 0.05) is 26.2 Å². The summed E-state index contributed by atoms with van der Waals surface area (Å²) in [5.74, 6) is 0.101. The third-order valence-corrected chi connectivity index (χ3v) is 5.56. The fourth-order valence-corrected chi connectivity index (χ4v) is 3.75. The number of nitrogens with zero attached hydrogens (tertiary/aromatic N) is 3. The molecule has 2 rings (SSSR count). The Morgan fingerprint density at radius 1 is 1.19 bits per heavy atom. The van der Waals surface area contributed by atoms with Crippen LogP contribution in [0.15, 0.2) is 30.3 Å². The average Bonchev–Trinajstić information content (AvgIpc) is 2.67. The van der Waals surface area contributed by atoms with Gasteiger partial charge < -0.3 is 9.64 Å². The molecule has 1 fully saturated rings. The van der Waals surface area contributed by atoms with Crippen molar-refractivity contribution >= 4 is 5.97 Å². The second kappa shape index (κ2) is 9.70. The van der Waals surface area contributed by atoms with Gasteiger partial charge in [0.15, 0.2) is 0 Å². The first-order valence-corrected chi connectivity index (χ1v) is 9.50. The Morgan fingerprint density at radius 2 is 1.81 bits per heavy atom. The van der Waals surface area contributed by atoms with Crippen molar-refractivity contribution in [2.45, 2.75) is 32.1 Å². The summed E-state index contributed by atoms with van der Waals surface area (Å²) < 4.78 is 4.73.